The van der Waals surface area contributed by atoms with Crippen molar-refractivity contribution in [2.45, 2.75) is 76.3 Å². The number of aryl methyl sites for hydroxylation is 1. The van der Waals surface area contributed by atoms with Gasteiger partial charge in [-0.05, 0) is 70.4 Å². The van der Waals surface area contributed by atoms with Crippen LogP contribution in [0.15, 0.2) is 30.5 Å². The lowest BCUT2D eigenvalue weighted by atomic mass is 9.91. The molecule has 6 rings (SSSR count). The lowest BCUT2D eigenvalue weighted by molar-refractivity contribution is -0.123. The molecule has 0 spiro atoms. The fourth-order valence-corrected chi connectivity index (χ4v) is 4.67. The summed E-state index contributed by atoms with van der Waals surface area (Å²) in [6.07, 6.45) is 10.4. The standard InChI is InChI=1S/C25H30N6O/c1-15-2-12-20(13-3-15)31-24-21(14-26-31)23(29-22(30-24)16-4-5-16)27-18-8-10-19(11-9-18)28-25(32)17-6-7-17/h2-3,12-14,16-19H,4-11H2,1H3,(H,28,32)(H,27,29,30). The summed E-state index contributed by atoms with van der Waals surface area (Å²) in [5.41, 5.74) is 3.12. The number of rotatable bonds is 6. The van der Waals surface area contributed by atoms with Crippen LogP contribution >= 0.6 is 0 Å². The Bertz CT molecular complexity index is 1140. The van der Waals surface area contributed by atoms with Crippen molar-refractivity contribution >= 4 is 22.8 Å². The van der Waals surface area contributed by atoms with Crippen molar-refractivity contribution in [1.82, 2.24) is 25.1 Å². The summed E-state index contributed by atoms with van der Waals surface area (Å²) in [5.74, 6) is 2.84. The summed E-state index contributed by atoms with van der Waals surface area (Å²) in [7, 11) is 0. The lowest BCUT2D eigenvalue weighted by Gasteiger charge is -2.30. The van der Waals surface area contributed by atoms with Gasteiger partial charge in [0, 0.05) is 23.9 Å². The zero-order chi connectivity index (χ0) is 21.7. The zero-order valence-corrected chi connectivity index (χ0v) is 18.6. The normalized spacial score (nSPS) is 23.3. The van der Waals surface area contributed by atoms with Gasteiger partial charge in [0.1, 0.15) is 11.6 Å². The van der Waals surface area contributed by atoms with E-state index in [1.807, 2.05) is 10.9 Å². The Balaban J connectivity index is 1.23. The Morgan fingerprint density at radius 2 is 1.66 bits per heavy atom. The molecule has 1 amide bonds. The highest BCUT2D eigenvalue weighted by atomic mass is 16.2. The van der Waals surface area contributed by atoms with Crippen LogP contribution in [-0.4, -0.2) is 37.7 Å². The molecule has 32 heavy (non-hydrogen) atoms. The molecule has 0 unspecified atom stereocenters. The number of nitrogens with zero attached hydrogens (tertiary/aromatic N) is 4. The molecule has 166 valence electrons. The van der Waals surface area contributed by atoms with Gasteiger partial charge in [-0.25, -0.2) is 14.6 Å². The topological polar surface area (TPSA) is 84.7 Å². The molecule has 3 aliphatic carbocycles. The van der Waals surface area contributed by atoms with Crippen LogP contribution in [0.25, 0.3) is 16.7 Å². The Labute approximate surface area is 188 Å². The van der Waals surface area contributed by atoms with Crippen molar-refractivity contribution in [2.75, 3.05) is 5.32 Å². The maximum atomic E-state index is 12.1. The van der Waals surface area contributed by atoms with Gasteiger partial charge >= 0.3 is 0 Å². The molecule has 7 heteroatoms. The summed E-state index contributed by atoms with van der Waals surface area (Å²) < 4.78 is 1.93. The number of hydrogen-bond acceptors (Lipinski definition) is 5. The van der Waals surface area contributed by atoms with E-state index in [9.17, 15) is 4.79 Å². The molecule has 3 aromatic rings. The molecule has 0 atom stereocenters. The first-order valence-electron chi connectivity index (χ1n) is 12.0. The van der Waals surface area contributed by atoms with Crippen LogP contribution in [-0.2, 0) is 4.79 Å². The molecule has 3 fully saturated rings. The van der Waals surface area contributed by atoms with Gasteiger partial charge in [-0.3, -0.25) is 4.79 Å². The highest BCUT2D eigenvalue weighted by molar-refractivity contribution is 5.87. The van der Waals surface area contributed by atoms with Gasteiger partial charge in [0.05, 0.1) is 17.3 Å². The fraction of sp³-hybridized carbons (Fsp3) is 0.520. The number of nitrogens with one attached hydrogen (secondary N) is 2. The molecule has 7 nitrogen and oxygen atoms in total. The number of carbonyl (C=O) groups excluding carboxylic acids is 1. The van der Waals surface area contributed by atoms with Gasteiger partial charge in [-0.2, -0.15) is 5.10 Å². The van der Waals surface area contributed by atoms with E-state index in [0.717, 1.165) is 79.7 Å². The summed E-state index contributed by atoms with van der Waals surface area (Å²) in [5, 5.41) is 12.6. The van der Waals surface area contributed by atoms with Crippen molar-refractivity contribution in [3.63, 3.8) is 0 Å². The first-order chi connectivity index (χ1) is 15.6. The molecule has 2 aromatic heterocycles. The summed E-state index contributed by atoms with van der Waals surface area (Å²) >= 11 is 0. The largest absolute Gasteiger partial charge is 0.367 e. The summed E-state index contributed by atoms with van der Waals surface area (Å²) in [6.45, 7) is 2.09. The SMILES string of the molecule is Cc1ccc(-n2ncc3c(NC4CCC(NC(=O)C5CC5)CC4)nc(C4CC4)nc32)cc1. The van der Waals surface area contributed by atoms with Crippen molar-refractivity contribution in [1.29, 1.82) is 0 Å². The second-order valence-electron chi connectivity index (χ2n) is 9.81. The van der Waals surface area contributed by atoms with Gasteiger partial charge in [0.2, 0.25) is 5.91 Å². The van der Waals surface area contributed by atoms with E-state index in [1.165, 1.54) is 5.56 Å². The highest BCUT2D eigenvalue weighted by Crippen LogP contribution is 2.40. The second-order valence-corrected chi connectivity index (χ2v) is 9.81. The molecular formula is C25H30N6O. The number of benzene rings is 1. The minimum Gasteiger partial charge on any atom is -0.367 e. The predicted molar refractivity (Wildman–Crippen MR) is 124 cm³/mol. The average molecular weight is 431 g/mol. The third-order valence-electron chi connectivity index (χ3n) is 7.03. The molecular weight excluding hydrogens is 400 g/mol. The number of amides is 1. The maximum absolute atomic E-state index is 12.1. The average Bonchev–Trinajstić information content (AvgIpc) is 3.72. The molecule has 0 bridgehead atoms. The predicted octanol–water partition coefficient (Wildman–Crippen LogP) is 4.25. The van der Waals surface area contributed by atoms with Gasteiger partial charge in [-0.15, -0.1) is 0 Å². The van der Waals surface area contributed by atoms with Gasteiger partial charge in [-0.1, -0.05) is 17.7 Å². The van der Waals surface area contributed by atoms with Gasteiger partial charge in [0.15, 0.2) is 5.65 Å². The van der Waals surface area contributed by atoms with E-state index < -0.39 is 0 Å². The maximum Gasteiger partial charge on any atom is 0.223 e. The minimum atomic E-state index is 0.261. The third-order valence-corrected chi connectivity index (χ3v) is 7.03. The van der Waals surface area contributed by atoms with Crippen molar-refractivity contribution in [2.24, 2.45) is 5.92 Å². The third kappa shape index (κ3) is 3.96. The van der Waals surface area contributed by atoms with Crippen LogP contribution < -0.4 is 10.6 Å². The van der Waals surface area contributed by atoms with Crippen LogP contribution in [0, 0.1) is 12.8 Å². The Hall–Kier alpha value is -2.96. The zero-order valence-electron chi connectivity index (χ0n) is 18.6. The van der Waals surface area contributed by atoms with Crippen LogP contribution in [0.3, 0.4) is 0 Å². The Kier molecular flexibility index (Phi) is 4.85. The number of carbonyl (C=O) groups is 1. The number of anilines is 1. The molecule has 2 N–H and O–H groups in total. The minimum absolute atomic E-state index is 0.261. The molecule has 0 radical (unpaired) electrons. The quantitative estimate of drug-likeness (QED) is 0.611. The molecule has 3 saturated carbocycles. The number of aromatic nitrogens is 4. The molecule has 0 aliphatic heterocycles. The van der Waals surface area contributed by atoms with E-state index in [0.29, 0.717) is 18.0 Å². The summed E-state index contributed by atoms with van der Waals surface area (Å²) in [4.78, 5) is 21.9. The van der Waals surface area contributed by atoms with E-state index >= 15 is 0 Å². The first kappa shape index (κ1) is 19.7. The lowest BCUT2D eigenvalue weighted by Crippen LogP contribution is -2.40. The van der Waals surface area contributed by atoms with Crippen LogP contribution in [0.2, 0.25) is 0 Å². The molecule has 3 aliphatic rings. The number of hydrogen-bond donors (Lipinski definition) is 2. The van der Waals surface area contributed by atoms with Crippen molar-refractivity contribution < 1.29 is 4.79 Å². The Morgan fingerprint density at radius 3 is 2.34 bits per heavy atom. The molecule has 0 saturated heterocycles. The van der Waals surface area contributed by atoms with E-state index in [4.69, 9.17) is 9.97 Å². The monoisotopic (exact) mass is 430 g/mol. The number of fused-ring (bicyclic) bond motifs is 1. The van der Waals surface area contributed by atoms with E-state index in [2.05, 4.69) is 46.9 Å². The first-order valence-corrected chi connectivity index (χ1v) is 12.0. The van der Waals surface area contributed by atoms with E-state index in [1.54, 1.807) is 0 Å². The van der Waals surface area contributed by atoms with Gasteiger partial charge in [0.25, 0.3) is 0 Å². The van der Waals surface area contributed by atoms with Crippen LogP contribution in [0.5, 0.6) is 0 Å². The highest BCUT2D eigenvalue weighted by Gasteiger charge is 2.33. The van der Waals surface area contributed by atoms with Crippen LogP contribution in [0.1, 0.15) is 68.7 Å². The second kappa shape index (κ2) is 7.87. The smallest absolute Gasteiger partial charge is 0.223 e. The van der Waals surface area contributed by atoms with Crippen LogP contribution in [0.4, 0.5) is 5.82 Å². The van der Waals surface area contributed by atoms with E-state index in [-0.39, 0.29) is 11.8 Å². The molecule has 2 heterocycles. The van der Waals surface area contributed by atoms with Gasteiger partial charge < -0.3 is 10.6 Å². The molecule has 1 aromatic carbocycles. The fourth-order valence-electron chi connectivity index (χ4n) is 4.67. The van der Waals surface area contributed by atoms with Crippen molar-refractivity contribution in [3.8, 4) is 5.69 Å². The van der Waals surface area contributed by atoms with Crippen molar-refractivity contribution in [3.05, 3.63) is 41.9 Å². The Morgan fingerprint density at radius 1 is 0.938 bits per heavy atom. The summed E-state index contributed by atoms with van der Waals surface area (Å²) in [6, 6.07) is 9.06.